The second-order valence-electron chi connectivity index (χ2n) is 7.41. The summed E-state index contributed by atoms with van der Waals surface area (Å²) in [6.45, 7) is 15.2. The van der Waals surface area contributed by atoms with Gasteiger partial charge in [-0.25, -0.2) is 4.99 Å². The van der Waals surface area contributed by atoms with E-state index in [-0.39, 0.29) is 30.1 Å². The molecule has 166 valence electrons. The van der Waals surface area contributed by atoms with E-state index in [9.17, 15) is 0 Å². The fourth-order valence-corrected chi connectivity index (χ4v) is 3.30. The van der Waals surface area contributed by atoms with E-state index in [2.05, 4.69) is 67.5 Å². The predicted octanol–water partition coefficient (Wildman–Crippen LogP) is 3.65. The van der Waals surface area contributed by atoms with Gasteiger partial charge in [0, 0.05) is 38.5 Å². The van der Waals surface area contributed by atoms with Crippen molar-refractivity contribution in [3.8, 4) is 0 Å². The Kier molecular flexibility index (Phi) is 13.3. The van der Waals surface area contributed by atoms with Crippen molar-refractivity contribution in [3.05, 3.63) is 29.8 Å². The number of hydrogen-bond donors (Lipinski definition) is 2. The SMILES string of the molecule is CCNC(=NCc1ccc(N2CCOCC2)cc1)NCCC(OCC)C(C)C.I. The Labute approximate surface area is 193 Å². The topological polar surface area (TPSA) is 58.1 Å². The van der Waals surface area contributed by atoms with E-state index in [0.717, 1.165) is 58.4 Å². The third-order valence-electron chi connectivity index (χ3n) is 4.92. The number of aliphatic imine (C=N–C) groups is 1. The third kappa shape index (κ3) is 9.53. The molecule has 1 aromatic rings. The molecule has 0 radical (unpaired) electrons. The minimum Gasteiger partial charge on any atom is -0.378 e. The van der Waals surface area contributed by atoms with Gasteiger partial charge in [0.15, 0.2) is 5.96 Å². The highest BCUT2D eigenvalue weighted by Gasteiger charge is 2.13. The number of hydrogen-bond acceptors (Lipinski definition) is 4. The van der Waals surface area contributed by atoms with Crippen LogP contribution in [0.2, 0.25) is 0 Å². The molecule has 6 nitrogen and oxygen atoms in total. The van der Waals surface area contributed by atoms with Crippen molar-refractivity contribution in [1.82, 2.24) is 10.6 Å². The molecule has 2 rings (SSSR count). The molecule has 1 atom stereocenters. The molecular formula is C22H39IN4O2. The van der Waals surface area contributed by atoms with Crippen LogP contribution in [0.25, 0.3) is 0 Å². The molecule has 7 heteroatoms. The van der Waals surface area contributed by atoms with Crippen LogP contribution in [0, 0.1) is 5.92 Å². The van der Waals surface area contributed by atoms with E-state index in [0.29, 0.717) is 12.5 Å². The highest BCUT2D eigenvalue weighted by Crippen LogP contribution is 2.17. The van der Waals surface area contributed by atoms with Gasteiger partial charge < -0.3 is 25.0 Å². The molecule has 1 aliphatic rings. The largest absolute Gasteiger partial charge is 0.378 e. The van der Waals surface area contributed by atoms with Gasteiger partial charge in [0.25, 0.3) is 0 Å². The number of halogens is 1. The number of morpholine rings is 1. The van der Waals surface area contributed by atoms with Crippen LogP contribution in [0.1, 0.15) is 39.7 Å². The molecule has 0 bridgehead atoms. The van der Waals surface area contributed by atoms with E-state index in [4.69, 9.17) is 14.5 Å². The summed E-state index contributed by atoms with van der Waals surface area (Å²) >= 11 is 0. The maximum atomic E-state index is 5.82. The first-order chi connectivity index (χ1) is 13.6. The number of nitrogens with zero attached hydrogens (tertiary/aromatic N) is 2. The normalized spacial score (nSPS) is 15.8. The first-order valence-corrected chi connectivity index (χ1v) is 10.7. The molecule has 1 unspecified atom stereocenters. The van der Waals surface area contributed by atoms with Gasteiger partial charge in [-0.2, -0.15) is 0 Å². The van der Waals surface area contributed by atoms with Crippen molar-refractivity contribution in [1.29, 1.82) is 0 Å². The molecular weight excluding hydrogens is 479 g/mol. The Hall–Kier alpha value is -1.06. The van der Waals surface area contributed by atoms with Crippen molar-refractivity contribution < 1.29 is 9.47 Å². The van der Waals surface area contributed by atoms with Gasteiger partial charge in [-0.3, -0.25) is 0 Å². The molecule has 1 saturated heterocycles. The van der Waals surface area contributed by atoms with E-state index < -0.39 is 0 Å². The third-order valence-corrected chi connectivity index (χ3v) is 4.92. The number of anilines is 1. The van der Waals surface area contributed by atoms with Crippen LogP contribution in [-0.2, 0) is 16.0 Å². The molecule has 0 saturated carbocycles. The van der Waals surface area contributed by atoms with Crippen molar-refractivity contribution >= 4 is 35.6 Å². The number of guanidine groups is 1. The first kappa shape index (κ1) is 26.0. The monoisotopic (exact) mass is 518 g/mol. The van der Waals surface area contributed by atoms with E-state index >= 15 is 0 Å². The lowest BCUT2D eigenvalue weighted by Crippen LogP contribution is -2.39. The van der Waals surface area contributed by atoms with Gasteiger partial charge >= 0.3 is 0 Å². The zero-order valence-electron chi connectivity index (χ0n) is 18.4. The maximum absolute atomic E-state index is 5.82. The molecule has 1 aromatic carbocycles. The Balaban J connectivity index is 0.00000420. The minimum absolute atomic E-state index is 0. The molecule has 0 spiro atoms. The quantitative estimate of drug-likeness (QED) is 0.282. The van der Waals surface area contributed by atoms with Crippen molar-refractivity contribution in [2.75, 3.05) is 50.9 Å². The highest BCUT2D eigenvalue weighted by molar-refractivity contribution is 14.0. The van der Waals surface area contributed by atoms with Crippen LogP contribution in [0.5, 0.6) is 0 Å². The van der Waals surface area contributed by atoms with Crippen LogP contribution in [0.15, 0.2) is 29.3 Å². The van der Waals surface area contributed by atoms with Crippen molar-refractivity contribution in [2.45, 2.75) is 46.8 Å². The lowest BCUT2D eigenvalue weighted by molar-refractivity contribution is 0.0258. The summed E-state index contributed by atoms with van der Waals surface area (Å²) in [4.78, 5) is 7.10. The first-order valence-electron chi connectivity index (χ1n) is 10.7. The smallest absolute Gasteiger partial charge is 0.191 e. The lowest BCUT2D eigenvalue weighted by atomic mass is 10.0. The maximum Gasteiger partial charge on any atom is 0.191 e. The van der Waals surface area contributed by atoms with Crippen molar-refractivity contribution in [2.24, 2.45) is 10.9 Å². The second-order valence-corrected chi connectivity index (χ2v) is 7.41. The average molecular weight is 518 g/mol. The summed E-state index contributed by atoms with van der Waals surface area (Å²) in [5.41, 5.74) is 2.47. The Morgan fingerprint density at radius 3 is 2.41 bits per heavy atom. The Bertz CT molecular complexity index is 575. The predicted molar refractivity (Wildman–Crippen MR) is 133 cm³/mol. The van der Waals surface area contributed by atoms with E-state index in [1.54, 1.807) is 0 Å². The van der Waals surface area contributed by atoms with Crippen LogP contribution in [0.4, 0.5) is 5.69 Å². The average Bonchev–Trinajstić information content (AvgIpc) is 2.72. The van der Waals surface area contributed by atoms with Gasteiger partial charge in [-0.1, -0.05) is 26.0 Å². The summed E-state index contributed by atoms with van der Waals surface area (Å²) < 4.78 is 11.2. The zero-order chi connectivity index (χ0) is 20.2. The lowest BCUT2D eigenvalue weighted by Gasteiger charge is -2.28. The molecule has 2 N–H and O–H groups in total. The molecule has 29 heavy (non-hydrogen) atoms. The fourth-order valence-electron chi connectivity index (χ4n) is 3.30. The Morgan fingerprint density at radius 2 is 1.83 bits per heavy atom. The summed E-state index contributed by atoms with van der Waals surface area (Å²) in [7, 11) is 0. The summed E-state index contributed by atoms with van der Waals surface area (Å²) in [5.74, 6) is 1.38. The number of ether oxygens (including phenoxy) is 2. The standard InChI is InChI=1S/C22H38N4O2.HI/c1-5-23-22(24-12-11-21(18(3)4)28-6-2)25-17-19-7-9-20(10-8-19)26-13-15-27-16-14-26;/h7-10,18,21H,5-6,11-17H2,1-4H3,(H2,23,24,25);1H. The summed E-state index contributed by atoms with van der Waals surface area (Å²) in [5, 5.41) is 6.76. The van der Waals surface area contributed by atoms with Crippen molar-refractivity contribution in [3.63, 3.8) is 0 Å². The highest BCUT2D eigenvalue weighted by atomic mass is 127. The zero-order valence-corrected chi connectivity index (χ0v) is 20.8. The van der Waals surface area contributed by atoms with Gasteiger partial charge in [-0.15, -0.1) is 24.0 Å². The van der Waals surface area contributed by atoms with Gasteiger partial charge in [-0.05, 0) is 43.9 Å². The fraction of sp³-hybridized carbons (Fsp3) is 0.682. The summed E-state index contributed by atoms with van der Waals surface area (Å²) in [6, 6.07) is 8.71. The second kappa shape index (κ2) is 14.8. The number of benzene rings is 1. The molecule has 0 aromatic heterocycles. The van der Waals surface area contributed by atoms with Crippen LogP contribution < -0.4 is 15.5 Å². The van der Waals surface area contributed by atoms with E-state index in [1.807, 2.05) is 0 Å². The molecule has 1 aliphatic heterocycles. The van der Waals surface area contributed by atoms with Gasteiger partial charge in [0.2, 0.25) is 0 Å². The number of nitrogens with one attached hydrogen (secondary N) is 2. The van der Waals surface area contributed by atoms with E-state index in [1.165, 1.54) is 11.3 Å². The number of rotatable bonds is 10. The van der Waals surface area contributed by atoms with Gasteiger partial charge in [0.1, 0.15) is 0 Å². The molecule has 1 fully saturated rings. The minimum atomic E-state index is 0. The van der Waals surface area contributed by atoms with Crippen LogP contribution in [-0.4, -0.2) is 58.1 Å². The molecule has 0 amide bonds. The van der Waals surface area contributed by atoms with Crippen LogP contribution >= 0.6 is 24.0 Å². The molecule has 1 heterocycles. The molecule has 0 aliphatic carbocycles. The van der Waals surface area contributed by atoms with Crippen LogP contribution in [0.3, 0.4) is 0 Å². The van der Waals surface area contributed by atoms with Gasteiger partial charge in [0.05, 0.1) is 25.9 Å². The Morgan fingerprint density at radius 1 is 1.14 bits per heavy atom. The summed E-state index contributed by atoms with van der Waals surface area (Å²) in [6.07, 6.45) is 1.26.